The molecule has 1 saturated heterocycles. The van der Waals surface area contributed by atoms with Gasteiger partial charge in [-0.1, -0.05) is 18.2 Å². The first-order chi connectivity index (χ1) is 23.0. The molecular weight excluding hydrogens is 701 g/mol. The van der Waals surface area contributed by atoms with Crippen LogP contribution in [0.3, 0.4) is 0 Å². The van der Waals surface area contributed by atoms with Crippen molar-refractivity contribution >= 4 is 39.7 Å². The Bertz CT molecular complexity index is 2080. The fourth-order valence-electron chi connectivity index (χ4n) is 6.17. The first-order valence-corrected chi connectivity index (χ1v) is 15.2. The molecule has 0 atom stereocenters. The Balaban J connectivity index is 0.00000468. The van der Waals surface area contributed by atoms with Gasteiger partial charge in [0.2, 0.25) is 11.8 Å². The van der Waals surface area contributed by atoms with Crippen molar-refractivity contribution in [2.24, 2.45) is 12.8 Å². The lowest BCUT2D eigenvalue weighted by atomic mass is 9.91. The second kappa shape index (κ2) is 14.1. The molecule has 2 amide bonds. The minimum absolute atomic E-state index is 0. The summed E-state index contributed by atoms with van der Waals surface area (Å²) in [7, 11) is 1.78. The number of carbonyl (C=O) groups excluding carboxylic acids is 2. The molecule has 0 bridgehead atoms. The summed E-state index contributed by atoms with van der Waals surface area (Å²) in [5, 5.41) is 9.62. The Morgan fingerprint density at radius 3 is 2.37 bits per heavy atom. The summed E-state index contributed by atoms with van der Waals surface area (Å²) in [6, 6.07) is 21.4. The van der Waals surface area contributed by atoms with E-state index in [1.165, 1.54) is 25.3 Å². The fraction of sp³-hybridized carbons (Fsp3) is 0.222. The highest BCUT2D eigenvalue weighted by Crippen LogP contribution is 2.44. The third-order valence-corrected chi connectivity index (χ3v) is 8.70. The number of pyridine rings is 1. The van der Waals surface area contributed by atoms with Crippen molar-refractivity contribution in [2.45, 2.75) is 19.6 Å². The molecule has 9 nitrogen and oxygen atoms in total. The monoisotopic (exact) mass is 732 g/mol. The number of piperazine rings is 1. The summed E-state index contributed by atoms with van der Waals surface area (Å²) in [5.41, 5.74) is 7.14. The number of aryl methyl sites for hydroxylation is 1. The van der Waals surface area contributed by atoms with E-state index in [-0.39, 0.29) is 51.0 Å². The van der Waals surface area contributed by atoms with Crippen LogP contribution in [0.25, 0.3) is 22.0 Å². The van der Waals surface area contributed by atoms with Crippen LogP contribution in [0, 0.1) is 18.3 Å². The van der Waals surface area contributed by atoms with E-state index >= 15 is 0 Å². The van der Waals surface area contributed by atoms with Crippen LogP contribution in [-0.4, -0.2) is 57.3 Å². The average Bonchev–Trinajstić information content (AvgIpc) is 3.41. The predicted molar refractivity (Wildman–Crippen MR) is 184 cm³/mol. The normalized spacial score (nSPS) is 13.5. The van der Waals surface area contributed by atoms with E-state index in [1.54, 1.807) is 46.8 Å². The van der Waals surface area contributed by atoms with E-state index in [1.807, 2.05) is 18.2 Å². The van der Waals surface area contributed by atoms with Gasteiger partial charge in [-0.05, 0) is 72.6 Å². The number of fused-ring (bicyclic) bond motifs is 1. The summed E-state index contributed by atoms with van der Waals surface area (Å²) >= 11 is 0. The third-order valence-electron chi connectivity index (χ3n) is 8.70. The number of nitriles is 1. The number of amides is 2. The summed E-state index contributed by atoms with van der Waals surface area (Å²) in [4.78, 5) is 34.1. The molecule has 13 heteroatoms. The highest BCUT2D eigenvalue weighted by molar-refractivity contribution is 8.93. The quantitative estimate of drug-likeness (QED) is 0.195. The SMILES string of the molecule is Br.Cc1c(C(N)=O)ccc(C(F)(F)F)c1-c1cccnc1Oc1cccc2c1cc(C(=O)N1CCN(Cc3ccc(C#N)cc3)CC1)n2C. The van der Waals surface area contributed by atoms with Crippen LogP contribution in [0.1, 0.15) is 43.1 Å². The summed E-state index contributed by atoms with van der Waals surface area (Å²) in [6.07, 6.45) is -3.33. The molecule has 1 aliphatic heterocycles. The number of primary amides is 1. The second-order valence-electron chi connectivity index (χ2n) is 11.6. The zero-order valence-electron chi connectivity index (χ0n) is 26.6. The van der Waals surface area contributed by atoms with Gasteiger partial charge in [-0.25, -0.2) is 4.98 Å². The van der Waals surface area contributed by atoms with E-state index in [0.717, 1.165) is 24.2 Å². The maximum Gasteiger partial charge on any atom is 0.417 e. The Kier molecular flexibility index (Phi) is 10.1. The number of nitrogens with zero attached hydrogens (tertiary/aromatic N) is 5. The molecule has 49 heavy (non-hydrogen) atoms. The standard InChI is InChI=1S/C36H31F3N6O3.BrH/c1-22-25(33(41)46)12-13-28(36(37,38)39)32(22)26-5-4-14-42-34(26)48-31-7-3-6-29-27(31)19-30(43(29)2)35(47)45-17-15-44(16-18-45)21-24-10-8-23(20-40)9-11-24;/h3-14,19H,15-18,21H2,1-2H3,(H2,41,46);1H. The van der Waals surface area contributed by atoms with Crippen molar-refractivity contribution in [2.75, 3.05) is 26.2 Å². The number of halogens is 4. The van der Waals surface area contributed by atoms with Gasteiger partial charge in [0.25, 0.3) is 5.91 Å². The molecule has 3 heterocycles. The molecular formula is C36H32BrF3N6O3. The van der Waals surface area contributed by atoms with Crippen LogP contribution < -0.4 is 10.5 Å². The lowest BCUT2D eigenvalue weighted by Gasteiger charge is -2.34. The lowest BCUT2D eigenvalue weighted by molar-refractivity contribution is -0.137. The number of aromatic nitrogens is 2. The van der Waals surface area contributed by atoms with Gasteiger partial charge in [-0.3, -0.25) is 14.5 Å². The zero-order chi connectivity index (χ0) is 34.2. The van der Waals surface area contributed by atoms with Crippen LogP contribution in [0.2, 0.25) is 0 Å². The predicted octanol–water partition coefficient (Wildman–Crippen LogP) is 6.87. The molecule has 0 unspecified atom stereocenters. The smallest absolute Gasteiger partial charge is 0.417 e. The zero-order valence-corrected chi connectivity index (χ0v) is 28.3. The van der Waals surface area contributed by atoms with E-state index in [9.17, 15) is 22.8 Å². The number of nitrogens with two attached hydrogens (primary N) is 1. The molecule has 3 aromatic carbocycles. The Morgan fingerprint density at radius 1 is 1.00 bits per heavy atom. The van der Waals surface area contributed by atoms with Crippen molar-refractivity contribution in [1.82, 2.24) is 19.4 Å². The van der Waals surface area contributed by atoms with Gasteiger partial charge >= 0.3 is 6.18 Å². The van der Waals surface area contributed by atoms with E-state index in [2.05, 4.69) is 16.0 Å². The number of alkyl halides is 3. The van der Waals surface area contributed by atoms with E-state index < -0.39 is 17.6 Å². The van der Waals surface area contributed by atoms with Crippen molar-refractivity contribution in [1.29, 1.82) is 5.26 Å². The van der Waals surface area contributed by atoms with Crippen molar-refractivity contribution in [3.05, 3.63) is 113 Å². The second-order valence-corrected chi connectivity index (χ2v) is 11.6. The summed E-state index contributed by atoms with van der Waals surface area (Å²) in [6.45, 7) is 4.55. The number of ether oxygens (including phenoxy) is 1. The number of hydrogen-bond donors (Lipinski definition) is 1. The Labute approximate surface area is 291 Å². The number of hydrogen-bond acceptors (Lipinski definition) is 6. The molecule has 0 radical (unpaired) electrons. The van der Waals surface area contributed by atoms with Crippen molar-refractivity contribution in [3.8, 4) is 28.8 Å². The molecule has 1 aliphatic rings. The first kappa shape index (κ1) is 35.1. The van der Waals surface area contributed by atoms with Crippen LogP contribution in [-0.2, 0) is 19.8 Å². The average molecular weight is 734 g/mol. The van der Waals surface area contributed by atoms with E-state index in [4.69, 9.17) is 15.7 Å². The van der Waals surface area contributed by atoms with Crippen LogP contribution in [0.5, 0.6) is 11.6 Å². The Hall–Kier alpha value is -5.19. The molecule has 2 aromatic heterocycles. The largest absolute Gasteiger partial charge is 0.438 e. The highest BCUT2D eigenvalue weighted by Gasteiger charge is 2.36. The topological polar surface area (TPSA) is 117 Å². The minimum atomic E-state index is -4.73. The molecule has 0 saturated carbocycles. The molecule has 1 fully saturated rings. The van der Waals surface area contributed by atoms with Gasteiger partial charge in [-0.2, -0.15) is 18.4 Å². The fourth-order valence-corrected chi connectivity index (χ4v) is 6.17. The highest BCUT2D eigenvalue weighted by atomic mass is 79.9. The van der Waals surface area contributed by atoms with Crippen molar-refractivity contribution < 1.29 is 27.5 Å². The van der Waals surface area contributed by atoms with E-state index in [0.29, 0.717) is 54.1 Å². The first-order valence-electron chi connectivity index (χ1n) is 15.2. The van der Waals surface area contributed by atoms with Gasteiger partial charge in [0, 0.05) is 68.0 Å². The number of rotatable bonds is 7. The van der Waals surface area contributed by atoms with Crippen LogP contribution in [0.4, 0.5) is 13.2 Å². The van der Waals surface area contributed by atoms with Gasteiger partial charge in [0.05, 0.1) is 22.7 Å². The summed E-state index contributed by atoms with van der Waals surface area (Å²) in [5.74, 6) is -0.806. The maximum absolute atomic E-state index is 14.2. The number of benzene rings is 3. The maximum atomic E-state index is 14.2. The molecule has 252 valence electrons. The Morgan fingerprint density at radius 2 is 1.71 bits per heavy atom. The minimum Gasteiger partial charge on any atom is -0.438 e. The summed E-state index contributed by atoms with van der Waals surface area (Å²) < 4.78 is 50.6. The molecule has 0 spiro atoms. The van der Waals surface area contributed by atoms with Gasteiger partial charge in [0.1, 0.15) is 11.4 Å². The van der Waals surface area contributed by atoms with Gasteiger partial charge < -0.3 is 19.9 Å². The molecule has 6 rings (SSSR count). The number of carbonyl (C=O) groups is 2. The third kappa shape index (κ3) is 7.02. The van der Waals surface area contributed by atoms with Gasteiger partial charge in [0.15, 0.2) is 0 Å². The van der Waals surface area contributed by atoms with Gasteiger partial charge in [-0.15, -0.1) is 17.0 Å². The lowest BCUT2D eigenvalue weighted by Crippen LogP contribution is -2.48. The molecule has 0 aliphatic carbocycles. The molecule has 2 N–H and O–H groups in total. The van der Waals surface area contributed by atoms with Crippen molar-refractivity contribution in [3.63, 3.8) is 0 Å². The molecule has 5 aromatic rings. The van der Waals surface area contributed by atoms with Crippen LogP contribution >= 0.6 is 17.0 Å². The van der Waals surface area contributed by atoms with Crippen LogP contribution in [0.15, 0.2) is 79.0 Å².